The highest BCUT2D eigenvalue weighted by Crippen LogP contribution is 2.39. The summed E-state index contributed by atoms with van der Waals surface area (Å²) in [6.07, 6.45) is 8.84. The minimum Gasteiger partial charge on any atom is -0.393 e. The number of aliphatic hydroxyl groups is 1. The molecule has 0 aliphatic heterocycles. The van der Waals surface area contributed by atoms with E-state index < -0.39 is 0 Å². The molecule has 124 valence electrons. The number of hydrogen-bond donors (Lipinski definition) is 2. The minimum absolute atomic E-state index is 0.0935. The summed E-state index contributed by atoms with van der Waals surface area (Å²) in [5.41, 5.74) is 2.04. The Morgan fingerprint density at radius 3 is 2.74 bits per heavy atom. The summed E-state index contributed by atoms with van der Waals surface area (Å²) >= 11 is 0. The summed E-state index contributed by atoms with van der Waals surface area (Å²) in [5.74, 6) is 1.15. The number of rotatable bonds is 6. The normalized spacial score (nSPS) is 22.0. The molecule has 7 heteroatoms. The number of aliphatic hydroxyl groups excluding tert-OH is 1. The van der Waals surface area contributed by atoms with Crippen molar-refractivity contribution in [2.45, 2.75) is 31.5 Å². The zero-order valence-electron chi connectivity index (χ0n) is 13.8. The van der Waals surface area contributed by atoms with E-state index in [-0.39, 0.29) is 12.1 Å². The number of aromatic nitrogens is 4. The molecule has 1 atom stereocenters. The second-order valence-electron chi connectivity index (χ2n) is 6.59. The van der Waals surface area contributed by atoms with Gasteiger partial charge in [0.25, 0.3) is 0 Å². The highest BCUT2D eigenvalue weighted by atomic mass is 16.3. The fraction of sp³-hybridized carbons (Fsp3) is 0.562. The smallest absolute Gasteiger partial charge is 0.145 e. The Morgan fingerprint density at radius 1 is 1.35 bits per heavy atom. The molecule has 2 N–H and O–H groups in total. The molecule has 0 bridgehead atoms. The quantitative estimate of drug-likeness (QED) is 0.833. The second kappa shape index (κ2) is 6.64. The largest absolute Gasteiger partial charge is 0.393 e. The van der Waals surface area contributed by atoms with Gasteiger partial charge in [-0.2, -0.15) is 5.10 Å². The third-order valence-electron chi connectivity index (χ3n) is 4.17. The van der Waals surface area contributed by atoms with Crippen LogP contribution in [0, 0.1) is 5.92 Å². The molecular formula is C16H24N6O. The van der Waals surface area contributed by atoms with Crippen LogP contribution in [0.15, 0.2) is 24.8 Å². The van der Waals surface area contributed by atoms with E-state index in [9.17, 15) is 5.11 Å². The molecule has 23 heavy (non-hydrogen) atoms. The van der Waals surface area contributed by atoms with Gasteiger partial charge < -0.3 is 15.3 Å². The van der Waals surface area contributed by atoms with Crippen molar-refractivity contribution < 1.29 is 5.11 Å². The van der Waals surface area contributed by atoms with Crippen LogP contribution >= 0.6 is 0 Å². The van der Waals surface area contributed by atoms with Crippen LogP contribution in [0.3, 0.4) is 0 Å². The SMILES string of the molecule is CN(C)Cc1cncc(NC(c2cnn(C)c2)C2CC(O)C2)n1. The Bertz CT molecular complexity index is 650. The molecule has 7 nitrogen and oxygen atoms in total. The second-order valence-corrected chi connectivity index (χ2v) is 6.59. The summed E-state index contributed by atoms with van der Waals surface area (Å²) in [6.45, 7) is 0.752. The molecule has 0 aromatic carbocycles. The van der Waals surface area contributed by atoms with Crippen molar-refractivity contribution in [3.63, 3.8) is 0 Å². The van der Waals surface area contributed by atoms with E-state index in [1.54, 1.807) is 17.1 Å². The van der Waals surface area contributed by atoms with Crippen LogP contribution in [0.2, 0.25) is 0 Å². The van der Waals surface area contributed by atoms with Crippen molar-refractivity contribution in [2.24, 2.45) is 13.0 Å². The molecule has 2 aromatic heterocycles. The van der Waals surface area contributed by atoms with Crippen molar-refractivity contribution in [1.82, 2.24) is 24.6 Å². The number of aryl methyl sites for hydroxylation is 1. The Morgan fingerprint density at radius 2 is 2.13 bits per heavy atom. The minimum atomic E-state index is -0.188. The van der Waals surface area contributed by atoms with Gasteiger partial charge in [0, 0.05) is 31.5 Å². The number of nitrogens with one attached hydrogen (secondary N) is 1. The maximum Gasteiger partial charge on any atom is 0.145 e. The third-order valence-corrected chi connectivity index (χ3v) is 4.17. The number of nitrogens with zero attached hydrogens (tertiary/aromatic N) is 5. The maximum atomic E-state index is 9.65. The Labute approximate surface area is 136 Å². The molecule has 0 saturated heterocycles. The first-order chi connectivity index (χ1) is 11.0. The molecule has 1 saturated carbocycles. The third kappa shape index (κ3) is 3.86. The van der Waals surface area contributed by atoms with E-state index in [1.165, 1.54) is 0 Å². The van der Waals surface area contributed by atoms with Crippen molar-refractivity contribution in [2.75, 3.05) is 19.4 Å². The summed E-state index contributed by atoms with van der Waals surface area (Å²) in [7, 11) is 5.93. The lowest BCUT2D eigenvalue weighted by atomic mass is 9.75. The Kier molecular flexibility index (Phi) is 4.58. The van der Waals surface area contributed by atoms with Gasteiger partial charge in [-0.15, -0.1) is 0 Å². The van der Waals surface area contributed by atoms with Crippen LogP contribution < -0.4 is 5.32 Å². The van der Waals surface area contributed by atoms with E-state index in [2.05, 4.69) is 25.3 Å². The van der Waals surface area contributed by atoms with Crippen LogP contribution in [0.25, 0.3) is 0 Å². The van der Waals surface area contributed by atoms with Crippen LogP contribution in [-0.2, 0) is 13.6 Å². The molecule has 0 amide bonds. The van der Waals surface area contributed by atoms with Gasteiger partial charge in [-0.1, -0.05) is 0 Å². The lowest BCUT2D eigenvalue weighted by Crippen LogP contribution is -2.36. The molecule has 1 unspecified atom stereocenters. The summed E-state index contributed by atoms with van der Waals surface area (Å²) in [5, 5.41) is 17.4. The highest BCUT2D eigenvalue weighted by Gasteiger charge is 2.35. The molecule has 2 heterocycles. The average molecular weight is 316 g/mol. The first-order valence-electron chi connectivity index (χ1n) is 7.90. The molecule has 0 spiro atoms. The first kappa shape index (κ1) is 15.9. The molecule has 0 radical (unpaired) electrons. The van der Waals surface area contributed by atoms with Gasteiger partial charge in [0.05, 0.1) is 30.2 Å². The average Bonchev–Trinajstić information content (AvgIpc) is 2.88. The molecular weight excluding hydrogens is 292 g/mol. The fourth-order valence-electron chi connectivity index (χ4n) is 3.01. The lowest BCUT2D eigenvalue weighted by Gasteiger charge is -2.37. The molecule has 3 rings (SSSR count). The van der Waals surface area contributed by atoms with Gasteiger partial charge >= 0.3 is 0 Å². The van der Waals surface area contributed by atoms with E-state index in [1.807, 2.05) is 33.5 Å². The standard InChI is InChI=1S/C16H24N6O/c1-21(2)10-13-7-17-8-15(19-13)20-16(11-4-14(23)5-11)12-6-18-22(3)9-12/h6-9,11,14,16,23H,4-5,10H2,1-3H3,(H,19,20). The van der Waals surface area contributed by atoms with Crippen molar-refractivity contribution in [3.05, 3.63) is 36.0 Å². The first-order valence-corrected chi connectivity index (χ1v) is 7.90. The molecule has 1 fully saturated rings. The molecule has 1 aliphatic carbocycles. The lowest BCUT2D eigenvalue weighted by molar-refractivity contribution is 0.0339. The van der Waals surface area contributed by atoms with Crippen molar-refractivity contribution in [3.8, 4) is 0 Å². The van der Waals surface area contributed by atoms with E-state index in [0.717, 1.165) is 36.5 Å². The van der Waals surface area contributed by atoms with Gasteiger partial charge in [0.2, 0.25) is 0 Å². The van der Waals surface area contributed by atoms with E-state index >= 15 is 0 Å². The van der Waals surface area contributed by atoms with Gasteiger partial charge in [0.15, 0.2) is 0 Å². The van der Waals surface area contributed by atoms with Gasteiger partial charge in [0.1, 0.15) is 5.82 Å². The highest BCUT2D eigenvalue weighted by molar-refractivity contribution is 5.37. The summed E-state index contributed by atoms with van der Waals surface area (Å²) in [6, 6.07) is 0.0935. The zero-order valence-corrected chi connectivity index (χ0v) is 13.8. The van der Waals surface area contributed by atoms with Crippen molar-refractivity contribution >= 4 is 5.82 Å². The molecule has 2 aromatic rings. The Balaban J connectivity index is 1.78. The van der Waals surface area contributed by atoms with E-state index in [0.29, 0.717) is 5.92 Å². The predicted octanol–water partition coefficient (Wildman–Crippen LogP) is 1.20. The van der Waals surface area contributed by atoms with Crippen LogP contribution in [0.4, 0.5) is 5.82 Å². The number of anilines is 1. The summed E-state index contributed by atoms with van der Waals surface area (Å²) < 4.78 is 1.80. The summed E-state index contributed by atoms with van der Waals surface area (Å²) in [4.78, 5) is 11.0. The topological polar surface area (TPSA) is 79.1 Å². The zero-order chi connectivity index (χ0) is 16.4. The van der Waals surface area contributed by atoms with E-state index in [4.69, 9.17) is 0 Å². The van der Waals surface area contributed by atoms with Crippen LogP contribution in [0.5, 0.6) is 0 Å². The monoisotopic (exact) mass is 316 g/mol. The fourth-order valence-corrected chi connectivity index (χ4v) is 3.01. The van der Waals surface area contributed by atoms with Crippen LogP contribution in [-0.4, -0.2) is 50.0 Å². The maximum absolute atomic E-state index is 9.65. The van der Waals surface area contributed by atoms with Crippen molar-refractivity contribution in [1.29, 1.82) is 0 Å². The van der Waals surface area contributed by atoms with Gasteiger partial charge in [-0.3, -0.25) is 9.67 Å². The number of hydrogen-bond acceptors (Lipinski definition) is 6. The molecule has 1 aliphatic rings. The van der Waals surface area contributed by atoms with Gasteiger partial charge in [-0.25, -0.2) is 4.98 Å². The Hall–Kier alpha value is -1.99. The van der Waals surface area contributed by atoms with Crippen LogP contribution in [0.1, 0.15) is 30.1 Å². The predicted molar refractivity (Wildman–Crippen MR) is 87.7 cm³/mol. The van der Waals surface area contributed by atoms with Gasteiger partial charge in [-0.05, 0) is 32.9 Å².